The van der Waals surface area contributed by atoms with Gasteiger partial charge in [-0.05, 0) is 18.2 Å². The van der Waals surface area contributed by atoms with E-state index in [9.17, 15) is 31.9 Å². The third kappa shape index (κ3) is 4.20. The molecule has 32 heavy (non-hydrogen) atoms. The van der Waals surface area contributed by atoms with Crippen LogP contribution in [0.2, 0.25) is 5.02 Å². The van der Waals surface area contributed by atoms with Crippen molar-refractivity contribution in [2.75, 3.05) is 12.4 Å². The smallest absolute Gasteiger partial charge is 0.433 e. The Morgan fingerprint density at radius 1 is 1.22 bits per heavy atom. The molecule has 9 nitrogen and oxygen atoms in total. The van der Waals surface area contributed by atoms with Crippen LogP contribution in [-0.2, 0) is 6.18 Å². The zero-order chi connectivity index (χ0) is 23.8. The minimum atomic E-state index is -5.11. The first kappa shape index (κ1) is 23.0. The van der Waals surface area contributed by atoms with Crippen LogP contribution in [0.25, 0.3) is 5.69 Å². The van der Waals surface area contributed by atoms with Crippen molar-refractivity contribution < 1.29 is 27.1 Å². The molecule has 0 aliphatic rings. The Hall–Kier alpha value is -3.71. The number of alkyl halides is 3. The van der Waals surface area contributed by atoms with Gasteiger partial charge in [-0.25, -0.2) is 23.4 Å². The lowest BCUT2D eigenvalue weighted by Crippen LogP contribution is -2.45. The molecule has 3 aromatic rings. The Morgan fingerprint density at radius 2 is 1.91 bits per heavy atom. The second kappa shape index (κ2) is 8.43. The minimum absolute atomic E-state index is 0.0343. The molecular weight excluding hydrogens is 462 g/mol. The molecule has 2 aromatic heterocycles. The van der Waals surface area contributed by atoms with Crippen LogP contribution in [0.1, 0.15) is 16.1 Å². The van der Waals surface area contributed by atoms with Crippen LogP contribution in [0.5, 0.6) is 11.6 Å². The number of rotatable bonds is 5. The third-order valence-corrected chi connectivity index (χ3v) is 4.43. The van der Waals surface area contributed by atoms with E-state index >= 15 is 0 Å². The lowest BCUT2D eigenvalue weighted by Gasteiger charge is -2.15. The number of Topliss-reactive ketones (excluding diaryl/α,β-unsaturated/α-hetero) is 1. The second-order valence-electron chi connectivity index (χ2n) is 6.17. The van der Waals surface area contributed by atoms with E-state index in [0.717, 1.165) is 6.07 Å². The number of pyridine rings is 1. The Morgan fingerprint density at radius 3 is 2.53 bits per heavy atom. The fraction of sp³-hybridized carbons (Fsp3) is 0.111. The molecule has 0 amide bonds. The first-order valence-electron chi connectivity index (χ1n) is 8.52. The van der Waals surface area contributed by atoms with E-state index in [1.54, 1.807) is 0 Å². The molecule has 168 valence electrons. The Kier molecular flexibility index (Phi) is 6.05. The molecule has 14 heteroatoms. The first-order valence-corrected chi connectivity index (χ1v) is 8.90. The zero-order valence-corrected chi connectivity index (χ0v) is 16.4. The highest BCUT2D eigenvalue weighted by Crippen LogP contribution is 2.33. The van der Waals surface area contributed by atoms with Crippen molar-refractivity contribution in [3.05, 3.63) is 79.5 Å². The molecule has 0 atom stereocenters. The molecule has 0 bridgehead atoms. The summed E-state index contributed by atoms with van der Waals surface area (Å²) in [5.41, 5.74) is -0.407. The highest BCUT2D eigenvalue weighted by molar-refractivity contribution is 6.32. The average molecular weight is 474 g/mol. The second-order valence-corrected chi connectivity index (χ2v) is 6.58. The van der Waals surface area contributed by atoms with Gasteiger partial charge in [0.2, 0.25) is 5.88 Å². The minimum Gasteiger partial charge on any atom is -0.437 e. The molecule has 1 aromatic carbocycles. The number of benzene rings is 1. The van der Waals surface area contributed by atoms with Gasteiger partial charge >= 0.3 is 11.9 Å². The van der Waals surface area contributed by atoms with Crippen molar-refractivity contribution in [1.29, 1.82) is 0 Å². The number of hydrogen-bond acceptors (Lipinski definition) is 7. The standard InChI is InChI=1S/C18H12ClF4N5O4/c19-9-4-10(20)11(27-15(30)6-14(18(21,22)23)28(25)17(27)31)5-13(9)32-16-8(12(29)7-24)2-1-3-26-16/h1-6H,7,24-25H2. The fourth-order valence-corrected chi connectivity index (χ4v) is 2.85. The number of halogens is 5. The van der Waals surface area contributed by atoms with Crippen molar-refractivity contribution in [2.45, 2.75) is 6.18 Å². The molecular formula is C18H12ClF4N5O4. The lowest BCUT2D eigenvalue weighted by molar-refractivity contribution is -0.143. The summed E-state index contributed by atoms with van der Waals surface area (Å²) in [4.78, 5) is 40.4. The lowest BCUT2D eigenvalue weighted by atomic mass is 10.2. The number of aromatic nitrogens is 3. The summed E-state index contributed by atoms with van der Waals surface area (Å²) in [5.74, 6) is 2.77. The molecule has 0 saturated heterocycles. The Bertz CT molecular complexity index is 1340. The van der Waals surface area contributed by atoms with E-state index in [2.05, 4.69) is 4.98 Å². The monoisotopic (exact) mass is 473 g/mol. The van der Waals surface area contributed by atoms with Crippen molar-refractivity contribution in [3.8, 4) is 17.3 Å². The maximum Gasteiger partial charge on any atom is 0.433 e. The summed E-state index contributed by atoms with van der Waals surface area (Å²) >= 11 is 5.95. The molecule has 0 fully saturated rings. The maximum absolute atomic E-state index is 14.5. The van der Waals surface area contributed by atoms with Gasteiger partial charge in [-0.15, -0.1) is 0 Å². The van der Waals surface area contributed by atoms with Crippen molar-refractivity contribution in [3.63, 3.8) is 0 Å². The summed E-state index contributed by atoms with van der Waals surface area (Å²) in [5, 5.41) is -0.351. The summed E-state index contributed by atoms with van der Waals surface area (Å²) < 4.78 is 58.6. The van der Waals surface area contributed by atoms with Gasteiger partial charge in [-0.1, -0.05) is 11.6 Å². The van der Waals surface area contributed by atoms with Gasteiger partial charge in [0.15, 0.2) is 11.5 Å². The van der Waals surface area contributed by atoms with Gasteiger partial charge in [0.25, 0.3) is 5.56 Å². The molecule has 0 aliphatic carbocycles. The van der Waals surface area contributed by atoms with Crippen LogP contribution < -0.4 is 27.6 Å². The van der Waals surface area contributed by atoms with E-state index in [0.29, 0.717) is 6.07 Å². The zero-order valence-electron chi connectivity index (χ0n) is 15.7. The number of nitrogens with two attached hydrogens (primary N) is 2. The Balaban J connectivity index is 2.19. The normalized spacial score (nSPS) is 11.4. The highest BCUT2D eigenvalue weighted by Gasteiger charge is 2.36. The first-order chi connectivity index (χ1) is 15.0. The van der Waals surface area contributed by atoms with Crippen molar-refractivity contribution in [2.24, 2.45) is 5.73 Å². The molecule has 2 heterocycles. The molecule has 0 unspecified atom stereocenters. The number of hydrogen-bond donors (Lipinski definition) is 2. The van der Waals surface area contributed by atoms with Crippen molar-refractivity contribution in [1.82, 2.24) is 14.2 Å². The van der Waals surface area contributed by atoms with E-state index in [-0.39, 0.29) is 44.1 Å². The highest BCUT2D eigenvalue weighted by atomic mass is 35.5. The molecule has 0 saturated carbocycles. The maximum atomic E-state index is 14.5. The van der Waals surface area contributed by atoms with Crippen LogP contribution in [0.15, 0.2) is 46.1 Å². The molecule has 0 radical (unpaired) electrons. The fourth-order valence-electron chi connectivity index (χ4n) is 2.66. The average Bonchev–Trinajstić information content (AvgIpc) is 2.72. The summed E-state index contributed by atoms with van der Waals surface area (Å²) in [6.45, 7) is -0.374. The van der Waals surface area contributed by atoms with Crippen LogP contribution >= 0.6 is 11.6 Å². The summed E-state index contributed by atoms with van der Waals surface area (Å²) in [6.07, 6.45) is -3.84. The predicted octanol–water partition coefficient (Wildman–Crippen LogP) is 1.85. The van der Waals surface area contributed by atoms with Gasteiger partial charge in [0, 0.05) is 18.3 Å². The molecule has 3 rings (SSSR count). The Labute approximate surface area is 180 Å². The van der Waals surface area contributed by atoms with Gasteiger partial charge in [-0.2, -0.15) is 13.2 Å². The van der Waals surface area contributed by atoms with Gasteiger partial charge in [0.05, 0.1) is 22.8 Å². The van der Waals surface area contributed by atoms with Gasteiger partial charge in [0.1, 0.15) is 11.6 Å². The molecule has 4 N–H and O–H groups in total. The summed E-state index contributed by atoms with van der Waals surface area (Å²) in [6, 6.07) is 4.25. The van der Waals surface area contributed by atoms with E-state index in [4.69, 9.17) is 27.9 Å². The van der Waals surface area contributed by atoms with Crippen LogP contribution in [0.4, 0.5) is 17.6 Å². The number of ether oxygens (including phenoxy) is 1. The quantitative estimate of drug-likeness (QED) is 0.328. The van der Waals surface area contributed by atoms with E-state index < -0.39 is 40.4 Å². The van der Waals surface area contributed by atoms with Crippen LogP contribution in [-0.4, -0.2) is 26.6 Å². The number of carbonyl (C=O) groups excluding carboxylic acids is 1. The van der Waals surface area contributed by atoms with Crippen LogP contribution in [0.3, 0.4) is 0 Å². The number of nitrogens with zero attached hydrogens (tertiary/aromatic N) is 3. The van der Waals surface area contributed by atoms with E-state index in [1.807, 2.05) is 0 Å². The van der Waals surface area contributed by atoms with Crippen LogP contribution in [0, 0.1) is 5.82 Å². The molecule has 0 spiro atoms. The number of carbonyl (C=O) groups is 1. The largest absolute Gasteiger partial charge is 0.437 e. The van der Waals surface area contributed by atoms with Gasteiger partial charge < -0.3 is 16.3 Å². The van der Waals surface area contributed by atoms with Gasteiger partial charge in [-0.3, -0.25) is 9.59 Å². The molecule has 0 aliphatic heterocycles. The number of nitrogen functional groups attached to an aromatic ring is 1. The summed E-state index contributed by atoms with van der Waals surface area (Å²) in [7, 11) is 0. The van der Waals surface area contributed by atoms with E-state index in [1.165, 1.54) is 18.3 Å². The predicted molar refractivity (Wildman–Crippen MR) is 104 cm³/mol. The SMILES string of the molecule is NCC(=O)c1cccnc1Oc1cc(-n2c(=O)cc(C(F)(F)F)n(N)c2=O)c(F)cc1Cl. The third-order valence-electron chi connectivity index (χ3n) is 4.13. The number of ketones is 1. The van der Waals surface area contributed by atoms with Crippen molar-refractivity contribution >= 4 is 17.4 Å². The topological polar surface area (TPSA) is 135 Å².